The molecule has 11 nitrogen and oxygen atoms in total. The van der Waals surface area contributed by atoms with E-state index < -0.39 is 10.0 Å². The molecule has 0 amide bonds. The van der Waals surface area contributed by atoms with Crippen LogP contribution in [0.3, 0.4) is 0 Å². The fourth-order valence-corrected chi connectivity index (χ4v) is 4.75. The highest BCUT2D eigenvalue weighted by Crippen LogP contribution is 2.36. The lowest BCUT2D eigenvalue weighted by Crippen LogP contribution is -2.38. The van der Waals surface area contributed by atoms with Crippen LogP contribution < -0.4 is 18.9 Å². The molecule has 4 aromatic rings. The number of sulfonamides is 1. The Labute approximate surface area is 195 Å². The van der Waals surface area contributed by atoms with Crippen LogP contribution in [0.4, 0.5) is 5.82 Å². The Morgan fingerprint density at radius 1 is 1.15 bits per heavy atom. The van der Waals surface area contributed by atoms with E-state index in [2.05, 4.69) is 15.0 Å². The summed E-state index contributed by atoms with van der Waals surface area (Å²) in [6.45, 7) is 1.48. The van der Waals surface area contributed by atoms with E-state index in [1.807, 2.05) is 12.3 Å². The molecule has 178 valence electrons. The van der Waals surface area contributed by atoms with Crippen molar-refractivity contribution in [3.63, 3.8) is 0 Å². The zero-order valence-corrected chi connectivity index (χ0v) is 19.2. The first kappa shape index (κ1) is 22.0. The zero-order valence-electron chi connectivity index (χ0n) is 18.4. The summed E-state index contributed by atoms with van der Waals surface area (Å²) in [6, 6.07) is 9.88. The highest BCUT2D eigenvalue weighted by Gasteiger charge is 2.26. The minimum atomic E-state index is -4.08. The molecule has 0 bridgehead atoms. The van der Waals surface area contributed by atoms with Crippen molar-refractivity contribution in [2.24, 2.45) is 0 Å². The van der Waals surface area contributed by atoms with Gasteiger partial charge in [-0.3, -0.25) is 9.40 Å². The molecular formula is C22H22N4O7S. The van der Waals surface area contributed by atoms with Crippen molar-refractivity contribution in [3.05, 3.63) is 54.4 Å². The van der Waals surface area contributed by atoms with E-state index in [0.717, 1.165) is 5.56 Å². The SMILES string of the molecule is COc1cc(OC2COC2)ccc1S(=O)(=O)Nc1noc2cc(Cn3cccn3)cc(OC)c12. The normalized spacial score (nSPS) is 14.1. The molecule has 5 rings (SSSR count). The molecule has 1 N–H and O–H groups in total. The van der Waals surface area contributed by atoms with E-state index in [4.69, 9.17) is 23.5 Å². The van der Waals surface area contributed by atoms with E-state index in [1.165, 1.54) is 26.4 Å². The number of benzene rings is 2. The second-order valence-electron chi connectivity index (χ2n) is 7.60. The quantitative estimate of drug-likeness (QED) is 0.380. The number of aromatic nitrogens is 3. The van der Waals surface area contributed by atoms with E-state index in [9.17, 15) is 8.42 Å². The third-order valence-electron chi connectivity index (χ3n) is 5.29. The molecule has 2 aromatic heterocycles. The predicted octanol–water partition coefficient (Wildman–Crippen LogP) is 2.67. The molecule has 0 atom stereocenters. The second-order valence-corrected chi connectivity index (χ2v) is 9.25. The number of nitrogens with zero attached hydrogens (tertiary/aromatic N) is 3. The molecule has 34 heavy (non-hydrogen) atoms. The van der Waals surface area contributed by atoms with Gasteiger partial charge in [-0.25, -0.2) is 8.42 Å². The molecule has 1 aliphatic rings. The molecule has 0 spiro atoms. The van der Waals surface area contributed by atoms with Crippen LogP contribution in [0.2, 0.25) is 0 Å². The van der Waals surface area contributed by atoms with E-state index >= 15 is 0 Å². The summed E-state index contributed by atoms with van der Waals surface area (Å²) < 4.78 is 57.7. The number of methoxy groups -OCH3 is 2. The van der Waals surface area contributed by atoms with Gasteiger partial charge in [0.05, 0.1) is 34.0 Å². The minimum Gasteiger partial charge on any atom is -0.496 e. The van der Waals surface area contributed by atoms with E-state index in [0.29, 0.717) is 42.2 Å². The van der Waals surface area contributed by atoms with E-state index in [1.54, 1.807) is 29.1 Å². The standard InChI is InChI=1S/C22H22N4O7S/c1-29-17-10-15(32-16-12-31-13-16)4-5-20(17)34(27,28)25-22-21-18(30-2)8-14(9-19(21)33-24-22)11-26-7-3-6-23-26/h3-10,16H,11-13H2,1-2H3,(H,24,25). The lowest BCUT2D eigenvalue weighted by atomic mass is 10.1. The fraction of sp³-hybridized carbons (Fsp3) is 0.273. The summed E-state index contributed by atoms with van der Waals surface area (Å²) >= 11 is 0. The lowest BCUT2D eigenvalue weighted by Gasteiger charge is -2.27. The van der Waals surface area contributed by atoms with Crippen molar-refractivity contribution in [1.82, 2.24) is 14.9 Å². The second kappa shape index (κ2) is 8.88. The Bertz CT molecular complexity index is 1410. The van der Waals surface area contributed by atoms with Crippen LogP contribution in [0.25, 0.3) is 11.0 Å². The van der Waals surface area contributed by atoms with Crippen molar-refractivity contribution in [2.75, 3.05) is 32.2 Å². The molecule has 12 heteroatoms. The average Bonchev–Trinajstić information content (AvgIpc) is 3.45. The smallest absolute Gasteiger partial charge is 0.266 e. The Kier molecular flexibility index (Phi) is 5.75. The van der Waals surface area contributed by atoms with Crippen molar-refractivity contribution in [1.29, 1.82) is 0 Å². The topological polar surface area (TPSA) is 127 Å². The van der Waals surface area contributed by atoms with Crippen LogP contribution >= 0.6 is 0 Å². The van der Waals surface area contributed by atoms with Gasteiger partial charge in [-0.05, 0) is 35.9 Å². The third-order valence-corrected chi connectivity index (χ3v) is 6.67. The van der Waals surface area contributed by atoms with Gasteiger partial charge in [-0.15, -0.1) is 0 Å². The van der Waals surface area contributed by atoms with Crippen LogP contribution in [0, 0.1) is 0 Å². The number of fused-ring (bicyclic) bond motifs is 1. The summed E-state index contributed by atoms with van der Waals surface area (Å²) in [7, 11) is -1.20. The first-order chi connectivity index (χ1) is 16.5. The molecule has 0 saturated carbocycles. The molecule has 1 aliphatic heterocycles. The number of hydrogen-bond acceptors (Lipinski definition) is 9. The molecule has 0 unspecified atom stereocenters. The highest BCUT2D eigenvalue weighted by atomic mass is 32.2. The minimum absolute atomic E-state index is 0.00601. The van der Waals surface area contributed by atoms with Crippen LogP contribution in [0.1, 0.15) is 5.56 Å². The third kappa shape index (κ3) is 4.24. The molecule has 2 aromatic carbocycles. The van der Waals surface area contributed by atoms with Crippen molar-refractivity contribution >= 4 is 26.8 Å². The molecule has 0 aliphatic carbocycles. The molecule has 1 saturated heterocycles. The van der Waals surface area contributed by atoms with Gasteiger partial charge in [0, 0.05) is 18.5 Å². The van der Waals surface area contributed by atoms with Crippen LogP contribution in [-0.2, 0) is 21.3 Å². The molecule has 1 fully saturated rings. The van der Waals surface area contributed by atoms with Gasteiger partial charge in [0.25, 0.3) is 10.0 Å². The summed E-state index contributed by atoms with van der Waals surface area (Å²) in [6.07, 6.45) is 3.46. The van der Waals surface area contributed by atoms with Crippen molar-refractivity contribution < 1.29 is 31.9 Å². The average molecular weight is 487 g/mol. The first-order valence-electron chi connectivity index (χ1n) is 10.4. The summed E-state index contributed by atoms with van der Waals surface area (Å²) in [5, 5.41) is 8.53. The van der Waals surface area contributed by atoms with Crippen LogP contribution in [0.5, 0.6) is 17.2 Å². The van der Waals surface area contributed by atoms with Crippen LogP contribution in [0.15, 0.2) is 58.2 Å². The fourth-order valence-electron chi connectivity index (χ4n) is 3.59. The van der Waals surface area contributed by atoms with Gasteiger partial charge in [-0.1, -0.05) is 5.16 Å². The zero-order chi connectivity index (χ0) is 23.7. The van der Waals surface area contributed by atoms with Gasteiger partial charge in [-0.2, -0.15) is 5.10 Å². The number of rotatable bonds is 9. The maximum Gasteiger partial charge on any atom is 0.266 e. The summed E-state index contributed by atoms with van der Waals surface area (Å²) in [5.74, 6) is 1.04. The Balaban J connectivity index is 1.45. The van der Waals surface area contributed by atoms with Gasteiger partial charge >= 0.3 is 0 Å². The summed E-state index contributed by atoms with van der Waals surface area (Å²) in [4.78, 5) is -0.0716. The summed E-state index contributed by atoms with van der Waals surface area (Å²) in [5.41, 5.74) is 1.23. The predicted molar refractivity (Wildman–Crippen MR) is 121 cm³/mol. The maximum absolute atomic E-state index is 13.2. The molecular weight excluding hydrogens is 464 g/mol. The van der Waals surface area contributed by atoms with E-state index in [-0.39, 0.29) is 22.6 Å². The van der Waals surface area contributed by atoms with Gasteiger partial charge in [0.2, 0.25) is 0 Å². The van der Waals surface area contributed by atoms with Gasteiger partial charge < -0.3 is 23.5 Å². The van der Waals surface area contributed by atoms with Gasteiger partial charge in [0.15, 0.2) is 11.4 Å². The van der Waals surface area contributed by atoms with Crippen molar-refractivity contribution in [3.8, 4) is 17.2 Å². The number of nitrogens with one attached hydrogen (secondary N) is 1. The number of hydrogen-bond donors (Lipinski definition) is 1. The molecule has 3 heterocycles. The number of anilines is 1. The van der Waals surface area contributed by atoms with Crippen LogP contribution in [-0.4, -0.2) is 56.9 Å². The highest BCUT2D eigenvalue weighted by molar-refractivity contribution is 7.92. The largest absolute Gasteiger partial charge is 0.496 e. The lowest BCUT2D eigenvalue weighted by molar-refractivity contribution is -0.0797. The first-order valence-corrected chi connectivity index (χ1v) is 11.8. The molecule has 0 radical (unpaired) electrons. The Morgan fingerprint density at radius 3 is 2.65 bits per heavy atom. The maximum atomic E-state index is 13.2. The van der Waals surface area contributed by atoms with Gasteiger partial charge in [0.1, 0.15) is 33.6 Å². The van der Waals surface area contributed by atoms with Crippen molar-refractivity contribution in [2.45, 2.75) is 17.5 Å². The Hall–Kier alpha value is -3.77. The monoisotopic (exact) mass is 486 g/mol. The Morgan fingerprint density at radius 2 is 1.97 bits per heavy atom. The number of ether oxygens (including phenoxy) is 4.